The maximum Gasteiger partial charge on any atom is 0.227 e. The lowest BCUT2D eigenvalue weighted by Gasteiger charge is -2.17. The smallest absolute Gasteiger partial charge is 0.227 e. The number of carbonyl (C=O) groups excluding carboxylic acids is 1. The fourth-order valence-corrected chi connectivity index (χ4v) is 3.04. The van der Waals surface area contributed by atoms with E-state index in [2.05, 4.69) is 31.8 Å². The van der Waals surface area contributed by atoms with E-state index in [1.165, 1.54) is 11.9 Å². The van der Waals surface area contributed by atoms with Gasteiger partial charge in [-0.1, -0.05) is 18.2 Å². The number of aryl methyl sites for hydroxylation is 1. The van der Waals surface area contributed by atoms with Crippen LogP contribution in [0.3, 0.4) is 0 Å². The van der Waals surface area contributed by atoms with Crippen molar-refractivity contribution in [3.8, 4) is 0 Å². The van der Waals surface area contributed by atoms with Gasteiger partial charge in [0.2, 0.25) is 5.91 Å². The molecule has 3 rings (SSSR count). The fraction of sp³-hybridized carbons (Fsp3) is 0.444. The van der Waals surface area contributed by atoms with Crippen molar-refractivity contribution in [2.45, 2.75) is 25.8 Å². The fourth-order valence-electron chi connectivity index (χ4n) is 3.04. The molecule has 0 atom stereocenters. The Hall–Kier alpha value is -2.90. The van der Waals surface area contributed by atoms with Gasteiger partial charge in [-0.3, -0.25) is 14.5 Å². The normalized spacial score (nSPS) is 13.6. The Morgan fingerprint density at radius 3 is 2.92 bits per heavy atom. The number of hydrogen-bond acceptors (Lipinski definition) is 4. The van der Waals surface area contributed by atoms with Crippen molar-refractivity contribution in [1.29, 1.82) is 0 Å². The first-order chi connectivity index (χ1) is 12.7. The Morgan fingerprint density at radius 1 is 1.31 bits per heavy atom. The number of rotatable bonds is 6. The van der Waals surface area contributed by atoms with Crippen molar-refractivity contribution in [2.75, 3.05) is 25.0 Å². The van der Waals surface area contributed by atoms with Gasteiger partial charge in [0, 0.05) is 39.3 Å². The molecule has 26 heavy (non-hydrogen) atoms. The molecule has 0 fully saturated rings. The molecule has 8 heteroatoms. The number of aliphatic imine (C=N–C) groups is 1. The number of nitrogens with one attached hydrogen (secondary N) is 2. The lowest BCUT2D eigenvalue weighted by molar-refractivity contribution is -0.118. The molecule has 0 aliphatic carbocycles. The van der Waals surface area contributed by atoms with Crippen molar-refractivity contribution in [3.63, 3.8) is 0 Å². The average molecular weight is 355 g/mol. The predicted molar refractivity (Wildman–Crippen MR) is 101 cm³/mol. The number of guanidine groups is 1. The van der Waals surface area contributed by atoms with Gasteiger partial charge in [0.1, 0.15) is 12.2 Å². The Balaban J connectivity index is 1.39. The van der Waals surface area contributed by atoms with Gasteiger partial charge in [0.15, 0.2) is 5.96 Å². The summed E-state index contributed by atoms with van der Waals surface area (Å²) in [6.45, 7) is 2.01. The Labute approximate surface area is 153 Å². The first kappa shape index (κ1) is 17.9. The van der Waals surface area contributed by atoms with Crippen LogP contribution in [0.1, 0.15) is 24.2 Å². The number of benzene rings is 1. The number of amides is 1. The third kappa shape index (κ3) is 4.19. The van der Waals surface area contributed by atoms with Gasteiger partial charge in [0.05, 0.1) is 6.54 Å². The summed E-state index contributed by atoms with van der Waals surface area (Å²) in [6.07, 6.45) is 3.73. The molecular formula is C18H25N7O. The summed E-state index contributed by atoms with van der Waals surface area (Å²) in [4.78, 5) is 22.7. The molecule has 0 spiro atoms. The second-order valence-electron chi connectivity index (χ2n) is 6.18. The Bertz CT molecular complexity index is 783. The zero-order chi connectivity index (χ0) is 18.4. The summed E-state index contributed by atoms with van der Waals surface area (Å²) in [6, 6.07) is 8.13. The second kappa shape index (κ2) is 8.46. The molecule has 1 aromatic carbocycles. The molecule has 2 heterocycles. The standard InChI is InChI=1S/C18H25N7O/c1-19-18(21-12-16-22-13-23-24(16)2)20-10-5-8-17(26)25-11-9-14-6-3-4-7-15(14)25/h3-4,6-7,13H,5,8-12H2,1-2H3,(H2,19,20,21). The largest absolute Gasteiger partial charge is 0.356 e. The maximum absolute atomic E-state index is 12.5. The number of hydrogen-bond donors (Lipinski definition) is 2. The third-order valence-electron chi connectivity index (χ3n) is 4.49. The van der Waals surface area contributed by atoms with Crippen molar-refractivity contribution < 1.29 is 4.79 Å². The van der Waals surface area contributed by atoms with Crippen molar-refractivity contribution in [1.82, 2.24) is 25.4 Å². The topological polar surface area (TPSA) is 87.4 Å². The van der Waals surface area contributed by atoms with Crippen LogP contribution in [0.5, 0.6) is 0 Å². The number of aromatic nitrogens is 3. The highest BCUT2D eigenvalue weighted by molar-refractivity contribution is 5.95. The highest BCUT2D eigenvalue weighted by Gasteiger charge is 2.23. The van der Waals surface area contributed by atoms with Crippen LogP contribution < -0.4 is 15.5 Å². The molecular weight excluding hydrogens is 330 g/mol. The highest BCUT2D eigenvalue weighted by Crippen LogP contribution is 2.27. The number of para-hydroxylation sites is 1. The van der Waals surface area contributed by atoms with Crippen molar-refractivity contribution in [3.05, 3.63) is 42.0 Å². The van der Waals surface area contributed by atoms with Crippen molar-refractivity contribution >= 4 is 17.6 Å². The van der Waals surface area contributed by atoms with Crippen LogP contribution in [0.15, 0.2) is 35.6 Å². The first-order valence-electron chi connectivity index (χ1n) is 8.84. The average Bonchev–Trinajstić information content (AvgIpc) is 3.27. The molecule has 1 aliphatic rings. The molecule has 0 unspecified atom stereocenters. The Kier molecular flexibility index (Phi) is 5.83. The zero-order valence-electron chi connectivity index (χ0n) is 15.3. The van der Waals surface area contributed by atoms with E-state index < -0.39 is 0 Å². The van der Waals surface area contributed by atoms with Crippen LogP contribution in [0.2, 0.25) is 0 Å². The molecule has 1 amide bonds. The summed E-state index contributed by atoms with van der Waals surface area (Å²) < 4.78 is 1.72. The second-order valence-corrected chi connectivity index (χ2v) is 6.18. The minimum Gasteiger partial charge on any atom is -0.356 e. The molecule has 0 saturated heterocycles. The quantitative estimate of drug-likeness (QED) is 0.456. The van der Waals surface area contributed by atoms with E-state index in [4.69, 9.17) is 0 Å². The molecule has 0 radical (unpaired) electrons. The number of carbonyl (C=O) groups is 1. The van der Waals surface area contributed by atoms with Crippen LogP contribution >= 0.6 is 0 Å². The molecule has 0 saturated carbocycles. The summed E-state index contributed by atoms with van der Waals surface area (Å²) in [5.74, 6) is 1.70. The Morgan fingerprint density at radius 2 is 2.15 bits per heavy atom. The minimum absolute atomic E-state index is 0.179. The van der Waals surface area contributed by atoms with E-state index >= 15 is 0 Å². The van der Waals surface area contributed by atoms with Gasteiger partial charge in [-0.25, -0.2) is 4.98 Å². The van der Waals surface area contributed by atoms with Gasteiger partial charge in [0.25, 0.3) is 0 Å². The summed E-state index contributed by atoms with van der Waals surface area (Å²) in [5.41, 5.74) is 2.32. The van der Waals surface area contributed by atoms with Crippen LogP contribution in [0.25, 0.3) is 0 Å². The summed E-state index contributed by atoms with van der Waals surface area (Å²) >= 11 is 0. The molecule has 2 N–H and O–H groups in total. The summed E-state index contributed by atoms with van der Waals surface area (Å²) in [7, 11) is 3.57. The van der Waals surface area contributed by atoms with E-state index in [0.29, 0.717) is 25.5 Å². The molecule has 2 aromatic rings. The van der Waals surface area contributed by atoms with Crippen LogP contribution in [-0.4, -0.2) is 46.8 Å². The van der Waals surface area contributed by atoms with Gasteiger partial charge in [-0.15, -0.1) is 0 Å². The first-order valence-corrected chi connectivity index (χ1v) is 8.84. The van der Waals surface area contributed by atoms with E-state index in [0.717, 1.165) is 30.9 Å². The number of fused-ring (bicyclic) bond motifs is 1. The van der Waals surface area contributed by atoms with Crippen LogP contribution in [0, 0.1) is 0 Å². The lowest BCUT2D eigenvalue weighted by atomic mass is 10.2. The minimum atomic E-state index is 0.179. The van der Waals surface area contributed by atoms with E-state index in [1.807, 2.05) is 30.1 Å². The molecule has 1 aliphatic heterocycles. The van der Waals surface area contributed by atoms with Gasteiger partial charge in [-0.05, 0) is 24.5 Å². The molecule has 138 valence electrons. The molecule has 8 nitrogen and oxygen atoms in total. The van der Waals surface area contributed by atoms with Crippen LogP contribution in [-0.2, 0) is 24.8 Å². The van der Waals surface area contributed by atoms with Gasteiger partial charge in [-0.2, -0.15) is 5.10 Å². The molecule has 1 aromatic heterocycles. The van der Waals surface area contributed by atoms with E-state index in [1.54, 1.807) is 11.7 Å². The van der Waals surface area contributed by atoms with Gasteiger partial charge < -0.3 is 15.5 Å². The zero-order valence-corrected chi connectivity index (χ0v) is 15.3. The van der Waals surface area contributed by atoms with Crippen molar-refractivity contribution in [2.24, 2.45) is 12.0 Å². The molecule has 0 bridgehead atoms. The van der Waals surface area contributed by atoms with Crippen LogP contribution in [0.4, 0.5) is 5.69 Å². The monoisotopic (exact) mass is 355 g/mol. The maximum atomic E-state index is 12.5. The highest BCUT2D eigenvalue weighted by atomic mass is 16.2. The van der Waals surface area contributed by atoms with E-state index in [9.17, 15) is 4.79 Å². The summed E-state index contributed by atoms with van der Waals surface area (Å²) in [5, 5.41) is 10.4. The van der Waals surface area contributed by atoms with E-state index in [-0.39, 0.29) is 5.91 Å². The number of anilines is 1. The lowest BCUT2D eigenvalue weighted by Crippen LogP contribution is -2.38. The SMILES string of the molecule is CN=C(NCCCC(=O)N1CCc2ccccc21)NCc1ncnn1C. The predicted octanol–water partition coefficient (Wildman–Crippen LogP) is 0.850. The third-order valence-corrected chi connectivity index (χ3v) is 4.49. The van der Waals surface area contributed by atoms with Gasteiger partial charge >= 0.3 is 0 Å². The number of nitrogens with zero attached hydrogens (tertiary/aromatic N) is 5.